The second-order valence-electron chi connectivity index (χ2n) is 6.37. The molecule has 0 heterocycles. The maximum absolute atomic E-state index is 14.0. The Hall–Kier alpha value is -1.13. The monoisotopic (exact) mass is 294 g/mol. The first-order chi connectivity index (χ1) is 10.0. The van der Waals surface area contributed by atoms with E-state index in [4.69, 9.17) is 10.5 Å². The Kier molecular flexibility index (Phi) is 5.59. The normalized spacial score (nSPS) is 16.5. The van der Waals surface area contributed by atoms with Gasteiger partial charge in [0.15, 0.2) is 0 Å². The van der Waals surface area contributed by atoms with Gasteiger partial charge in [-0.1, -0.05) is 19.9 Å². The summed E-state index contributed by atoms with van der Waals surface area (Å²) in [6.07, 6.45) is 3.32. The van der Waals surface area contributed by atoms with Crippen molar-refractivity contribution in [2.75, 3.05) is 20.2 Å². The highest BCUT2D eigenvalue weighted by Crippen LogP contribution is 2.31. The van der Waals surface area contributed by atoms with Gasteiger partial charge in [0.05, 0.1) is 7.11 Å². The molecule has 0 bridgehead atoms. The van der Waals surface area contributed by atoms with E-state index in [-0.39, 0.29) is 11.9 Å². The van der Waals surface area contributed by atoms with Crippen LogP contribution in [-0.2, 0) is 0 Å². The molecule has 1 aromatic carbocycles. The highest BCUT2D eigenvalue weighted by Gasteiger charge is 2.29. The van der Waals surface area contributed by atoms with Crippen LogP contribution in [0.4, 0.5) is 4.39 Å². The Bertz CT molecular complexity index is 460. The van der Waals surface area contributed by atoms with Gasteiger partial charge in [0.1, 0.15) is 11.6 Å². The van der Waals surface area contributed by atoms with Gasteiger partial charge in [-0.3, -0.25) is 0 Å². The zero-order valence-electron chi connectivity index (χ0n) is 13.3. The Morgan fingerprint density at radius 2 is 2.10 bits per heavy atom. The SMILES string of the molecule is COc1cccc(F)c1C(N)CCN(CC(C)C)C1CC1. The molecule has 1 saturated carbocycles. The molecule has 1 fully saturated rings. The second kappa shape index (κ2) is 7.23. The van der Waals surface area contributed by atoms with Crippen molar-refractivity contribution in [3.63, 3.8) is 0 Å². The lowest BCUT2D eigenvalue weighted by molar-refractivity contribution is 0.225. The van der Waals surface area contributed by atoms with E-state index < -0.39 is 0 Å². The van der Waals surface area contributed by atoms with Gasteiger partial charge in [0.2, 0.25) is 0 Å². The first-order valence-electron chi connectivity index (χ1n) is 7.85. The van der Waals surface area contributed by atoms with Crippen LogP contribution in [0.1, 0.15) is 44.7 Å². The third kappa shape index (κ3) is 4.42. The van der Waals surface area contributed by atoms with Gasteiger partial charge in [0, 0.05) is 30.7 Å². The molecule has 0 saturated heterocycles. The van der Waals surface area contributed by atoms with Crippen LogP contribution < -0.4 is 10.5 Å². The summed E-state index contributed by atoms with van der Waals surface area (Å²) in [4.78, 5) is 2.50. The van der Waals surface area contributed by atoms with Gasteiger partial charge in [-0.05, 0) is 37.3 Å². The number of benzene rings is 1. The Morgan fingerprint density at radius 1 is 1.38 bits per heavy atom. The third-order valence-electron chi connectivity index (χ3n) is 3.99. The maximum atomic E-state index is 14.0. The average Bonchev–Trinajstić information content (AvgIpc) is 3.26. The van der Waals surface area contributed by atoms with Crippen molar-refractivity contribution in [3.05, 3.63) is 29.6 Å². The van der Waals surface area contributed by atoms with Crippen LogP contribution in [0.3, 0.4) is 0 Å². The fourth-order valence-corrected chi connectivity index (χ4v) is 2.84. The lowest BCUT2D eigenvalue weighted by atomic mass is 10.0. The summed E-state index contributed by atoms with van der Waals surface area (Å²) < 4.78 is 19.3. The average molecular weight is 294 g/mol. The molecule has 21 heavy (non-hydrogen) atoms. The Labute approximate surface area is 127 Å². The van der Waals surface area contributed by atoms with Crippen molar-refractivity contribution in [1.82, 2.24) is 4.90 Å². The van der Waals surface area contributed by atoms with Crippen molar-refractivity contribution >= 4 is 0 Å². The molecule has 0 amide bonds. The van der Waals surface area contributed by atoms with Gasteiger partial charge in [-0.2, -0.15) is 0 Å². The molecule has 0 aromatic heterocycles. The lowest BCUT2D eigenvalue weighted by Gasteiger charge is -2.26. The van der Waals surface area contributed by atoms with Crippen LogP contribution in [0.5, 0.6) is 5.75 Å². The van der Waals surface area contributed by atoms with Crippen LogP contribution in [0, 0.1) is 11.7 Å². The zero-order valence-corrected chi connectivity index (χ0v) is 13.3. The smallest absolute Gasteiger partial charge is 0.131 e. The number of methoxy groups -OCH3 is 1. The maximum Gasteiger partial charge on any atom is 0.131 e. The topological polar surface area (TPSA) is 38.5 Å². The van der Waals surface area contributed by atoms with Crippen molar-refractivity contribution in [3.8, 4) is 5.75 Å². The number of nitrogens with two attached hydrogens (primary N) is 1. The molecular formula is C17H27FN2O. The molecule has 0 radical (unpaired) electrons. The summed E-state index contributed by atoms with van der Waals surface area (Å²) in [5, 5.41) is 0. The van der Waals surface area contributed by atoms with E-state index in [9.17, 15) is 4.39 Å². The standard InChI is InChI=1S/C17H27FN2O/c1-12(2)11-20(13-7-8-13)10-9-15(19)17-14(18)5-4-6-16(17)21-3/h4-6,12-13,15H,7-11,19H2,1-3H3. The Morgan fingerprint density at radius 3 is 2.67 bits per heavy atom. The Balaban J connectivity index is 1.99. The fraction of sp³-hybridized carbons (Fsp3) is 0.647. The second-order valence-corrected chi connectivity index (χ2v) is 6.37. The van der Waals surface area contributed by atoms with Gasteiger partial charge < -0.3 is 15.4 Å². The van der Waals surface area contributed by atoms with E-state index >= 15 is 0 Å². The van der Waals surface area contributed by atoms with E-state index in [1.807, 2.05) is 0 Å². The summed E-state index contributed by atoms with van der Waals surface area (Å²) in [6.45, 7) is 6.47. The number of hydrogen-bond acceptors (Lipinski definition) is 3. The highest BCUT2D eigenvalue weighted by atomic mass is 19.1. The van der Waals surface area contributed by atoms with Crippen LogP contribution in [0.2, 0.25) is 0 Å². The largest absolute Gasteiger partial charge is 0.496 e. The number of ether oxygens (including phenoxy) is 1. The quantitative estimate of drug-likeness (QED) is 0.799. The minimum atomic E-state index is -0.324. The summed E-state index contributed by atoms with van der Waals surface area (Å²) in [5.74, 6) is 0.915. The first kappa shape index (κ1) is 16.2. The third-order valence-corrected chi connectivity index (χ3v) is 3.99. The molecule has 1 aromatic rings. The molecule has 118 valence electrons. The number of nitrogens with zero attached hydrogens (tertiary/aromatic N) is 1. The molecule has 0 aliphatic heterocycles. The summed E-state index contributed by atoms with van der Waals surface area (Å²) in [6, 6.07) is 5.26. The van der Waals surface area contributed by atoms with E-state index in [2.05, 4.69) is 18.7 Å². The van der Waals surface area contributed by atoms with Crippen LogP contribution in [0.25, 0.3) is 0 Å². The molecular weight excluding hydrogens is 267 g/mol. The molecule has 3 nitrogen and oxygen atoms in total. The molecule has 0 spiro atoms. The van der Waals surface area contributed by atoms with Crippen LogP contribution in [-0.4, -0.2) is 31.1 Å². The molecule has 1 aliphatic carbocycles. The van der Waals surface area contributed by atoms with Crippen molar-refractivity contribution in [2.24, 2.45) is 11.7 Å². The van der Waals surface area contributed by atoms with Gasteiger partial charge >= 0.3 is 0 Å². The van der Waals surface area contributed by atoms with Crippen LogP contribution in [0.15, 0.2) is 18.2 Å². The first-order valence-corrected chi connectivity index (χ1v) is 7.85. The summed E-state index contributed by atoms with van der Waals surface area (Å²) in [7, 11) is 1.56. The number of rotatable bonds is 8. The van der Waals surface area contributed by atoms with Crippen molar-refractivity contribution in [1.29, 1.82) is 0 Å². The molecule has 4 heteroatoms. The van der Waals surface area contributed by atoms with E-state index in [0.29, 0.717) is 23.3 Å². The fourth-order valence-electron chi connectivity index (χ4n) is 2.84. The molecule has 2 N–H and O–H groups in total. The van der Waals surface area contributed by atoms with Crippen LogP contribution >= 0.6 is 0 Å². The van der Waals surface area contributed by atoms with Gasteiger partial charge in [-0.25, -0.2) is 4.39 Å². The summed E-state index contributed by atoms with van der Waals surface area (Å²) in [5.41, 5.74) is 6.73. The van der Waals surface area contributed by atoms with E-state index in [0.717, 1.165) is 19.5 Å². The molecule has 1 aliphatic rings. The minimum Gasteiger partial charge on any atom is -0.496 e. The molecule has 1 unspecified atom stereocenters. The molecule has 2 rings (SSSR count). The molecule has 1 atom stereocenters. The summed E-state index contributed by atoms with van der Waals surface area (Å²) >= 11 is 0. The van der Waals surface area contributed by atoms with Gasteiger partial charge in [0.25, 0.3) is 0 Å². The predicted octanol–water partition coefficient (Wildman–Crippen LogP) is 3.34. The van der Waals surface area contributed by atoms with Gasteiger partial charge in [-0.15, -0.1) is 0 Å². The number of hydrogen-bond donors (Lipinski definition) is 1. The van der Waals surface area contributed by atoms with E-state index in [1.165, 1.54) is 18.9 Å². The van der Waals surface area contributed by atoms with Crippen molar-refractivity contribution < 1.29 is 9.13 Å². The lowest BCUT2D eigenvalue weighted by Crippen LogP contribution is -2.33. The zero-order chi connectivity index (χ0) is 15.4. The highest BCUT2D eigenvalue weighted by molar-refractivity contribution is 5.37. The predicted molar refractivity (Wildman–Crippen MR) is 83.9 cm³/mol. The van der Waals surface area contributed by atoms with Crippen molar-refractivity contribution in [2.45, 2.75) is 45.2 Å². The number of halogens is 1. The minimum absolute atomic E-state index is 0.274. The van der Waals surface area contributed by atoms with E-state index in [1.54, 1.807) is 19.2 Å².